The second-order valence-corrected chi connectivity index (χ2v) is 6.41. The van der Waals surface area contributed by atoms with Crippen LogP contribution < -0.4 is 4.72 Å². The first-order chi connectivity index (χ1) is 9.45. The first-order valence-corrected chi connectivity index (χ1v) is 7.85. The molecule has 0 amide bonds. The lowest BCUT2D eigenvalue weighted by Gasteiger charge is -2.13. The Kier molecular flexibility index (Phi) is 4.55. The van der Waals surface area contributed by atoms with E-state index >= 15 is 0 Å². The molecule has 20 heavy (non-hydrogen) atoms. The maximum Gasteiger partial charge on any atom is 0.264 e. The lowest BCUT2D eigenvalue weighted by atomic mass is 10.2. The van der Waals surface area contributed by atoms with E-state index in [0.717, 1.165) is 0 Å². The minimum Gasteiger partial charge on any atom is -0.392 e. The Bertz CT molecular complexity index is 712. The summed E-state index contributed by atoms with van der Waals surface area (Å²) in [7, 11) is -3.93. The van der Waals surface area contributed by atoms with E-state index in [4.69, 9.17) is 23.2 Å². The topological polar surface area (TPSA) is 66.4 Å². The van der Waals surface area contributed by atoms with Crippen molar-refractivity contribution >= 4 is 38.9 Å². The Morgan fingerprint density at radius 1 is 1.00 bits per heavy atom. The molecule has 0 atom stereocenters. The molecular formula is C13H11Cl2NO3S. The maximum atomic E-state index is 12.3. The van der Waals surface area contributed by atoms with Crippen LogP contribution in [-0.4, -0.2) is 13.5 Å². The van der Waals surface area contributed by atoms with Crippen LogP contribution >= 0.6 is 23.2 Å². The van der Waals surface area contributed by atoms with Gasteiger partial charge in [-0.1, -0.05) is 47.5 Å². The average Bonchev–Trinajstić information content (AvgIpc) is 2.38. The fourth-order valence-electron chi connectivity index (χ4n) is 1.69. The molecule has 0 aliphatic rings. The molecule has 0 saturated carbocycles. The molecule has 0 bridgehead atoms. The predicted molar refractivity (Wildman–Crippen MR) is 79.6 cm³/mol. The summed E-state index contributed by atoms with van der Waals surface area (Å²) in [4.78, 5) is -0.184. The molecule has 0 aliphatic heterocycles. The van der Waals surface area contributed by atoms with E-state index in [1.54, 1.807) is 30.3 Å². The lowest BCUT2D eigenvalue weighted by molar-refractivity contribution is 0.282. The molecule has 2 aromatic rings. The largest absolute Gasteiger partial charge is 0.392 e. The van der Waals surface area contributed by atoms with Crippen molar-refractivity contribution in [3.63, 3.8) is 0 Å². The fourth-order valence-corrected chi connectivity index (χ4v) is 3.94. The molecule has 0 aromatic heterocycles. The molecular weight excluding hydrogens is 321 g/mol. The normalized spacial score (nSPS) is 11.3. The van der Waals surface area contributed by atoms with Crippen LogP contribution in [0.15, 0.2) is 47.4 Å². The van der Waals surface area contributed by atoms with E-state index in [1.165, 1.54) is 12.1 Å². The molecule has 2 rings (SSSR count). The monoisotopic (exact) mass is 331 g/mol. The SMILES string of the molecule is O=S(=O)(Nc1ccccc1CO)c1c(Cl)cccc1Cl. The van der Waals surface area contributed by atoms with Gasteiger partial charge >= 0.3 is 0 Å². The average molecular weight is 332 g/mol. The van der Waals surface area contributed by atoms with Gasteiger partial charge in [0.25, 0.3) is 10.0 Å². The number of aliphatic hydroxyl groups excluding tert-OH is 1. The van der Waals surface area contributed by atoms with Crippen LogP contribution in [0, 0.1) is 0 Å². The molecule has 0 radical (unpaired) electrons. The lowest BCUT2D eigenvalue weighted by Crippen LogP contribution is -2.15. The van der Waals surface area contributed by atoms with E-state index < -0.39 is 10.0 Å². The van der Waals surface area contributed by atoms with E-state index in [1.807, 2.05) is 0 Å². The molecule has 0 spiro atoms. The number of para-hydroxylation sites is 1. The van der Waals surface area contributed by atoms with Crippen molar-refractivity contribution in [1.82, 2.24) is 0 Å². The summed E-state index contributed by atoms with van der Waals surface area (Å²) < 4.78 is 27.1. The number of halogens is 2. The van der Waals surface area contributed by atoms with Crippen LogP contribution in [0.25, 0.3) is 0 Å². The summed E-state index contributed by atoms with van der Waals surface area (Å²) in [6.07, 6.45) is 0. The van der Waals surface area contributed by atoms with Gasteiger partial charge in [0, 0.05) is 5.56 Å². The molecule has 2 aromatic carbocycles. The van der Waals surface area contributed by atoms with E-state index in [0.29, 0.717) is 5.56 Å². The number of benzene rings is 2. The molecule has 0 fully saturated rings. The summed E-state index contributed by atoms with van der Waals surface area (Å²) >= 11 is 11.8. The molecule has 106 valence electrons. The third-order valence-corrected chi connectivity index (χ3v) is 4.94. The van der Waals surface area contributed by atoms with Crippen LogP contribution in [0.4, 0.5) is 5.69 Å². The highest BCUT2D eigenvalue weighted by molar-refractivity contribution is 7.93. The molecule has 0 unspecified atom stereocenters. The van der Waals surface area contributed by atoms with Gasteiger partial charge in [-0.15, -0.1) is 0 Å². The summed E-state index contributed by atoms with van der Waals surface area (Å²) in [6.45, 7) is -0.283. The highest BCUT2D eigenvalue weighted by Gasteiger charge is 2.22. The molecule has 2 N–H and O–H groups in total. The van der Waals surface area contributed by atoms with Crippen molar-refractivity contribution in [3.05, 3.63) is 58.1 Å². The van der Waals surface area contributed by atoms with Gasteiger partial charge in [-0.05, 0) is 18.2 Å². The highest BCUT2D eigenvalue weighted by atomic mass is 35.5. The summed E-state index contributed by atoms with van der Waals surface area (Å²) in [5, 5.41) is 9.28. The summed E-state index contributed by atoms with van der Waals surface area (Å²) in [5.41, 5.74) is 0.741. The second-order valence-electron chi connectivity index (χ2n) is 3.97. The van der Waals surface area contributed by atoms with Crippen molar-refractivity contribution in [3.8, 4) is 0 Å². The second kappa shape index (κ2) is 6.01. The van der Waals surface area contributed by atoms with Gasteiger partial charge in [0.05, 0.1) is 22.3 Å². The van der Waals surface area contributed by atoms with Gasteiger partial charge in [0.2, 0.25) is 0 Å². The third kappa shape index (κ3) is 3.07. The van der Waals surface area contributed by atoms with Crippen molar-refractivity contribution in [1.29, 1.82) is 0 Å². The van der Waals surface area contributed by atoms with Crippen LogP contribution in [0.2, 0.25) is 10.0 Å². The Morgan fingerprint density at radius 3 is 2.20 bits per heavy atom. The smallest absolute Gasteiger partial charge is 0.264 e. The zero-order valence-corrected chi connectivity index (χ0v) is 12.5. The van der Waals surface area contributed by atoms with Gasteiger partial charge in [-0.25, -0.2) is 8.42 Å². The third-order valence-electron chi connectivity index (χ3n) is 2.62. The number of hydrogen-bond donors (Lipinski definition) is 2. The Labute approximate surface area is 127 Å². The minimum absolute atomic E-state index is 0.0338. The van der Waals surface area contributed by atoms with E-state index in [2.05, 4.69) is 4.72 Å². The van der Waals surface area contributed by atoms with Gasteiger partial charge in [-0.2, -0.15) is 0 Å². The zero-order chi connectivity index (χ0) is 14.8. The summed E-state index contributed by atoms with van der Waals surface area (Å²) in [6, 6.07) is 11.0. The van der Waals surface area contributed by atoms with Crippen LogP contribution in [0.5, 0.6) is 0 Å². The number of sulfonamides is 1. The molecule has 0 heterocycles. The van der Waals surface area contributed by atoms with Crippen LogP contribution in [0.1, 0.15) is 5.56 Å². The number of rotatable bonds is 4. The standard InChI is InChI=1S/C13H11Cl2NO3S/c14-10-5-3-6-11(15)13(10)20(18,19)16-12-7-2-1-4-9(12)8-17/h1-7,16-17H,8H2. The molecule has 7 heteroatoms. The number of nitrogens with one attached hydrogen (secondary N) is 1. The Morgan fingerprint density at radius 2 is 1.60 bits per heavy atom. The quantitative estimate of drug-likeness (QED) is 0.903. The van der Waals surface area contributed by atoms with Crippen LogP contribution in [-0.2, 0) is 16.6 Å². The van der Waals surface area contributed by atoms with Gasteiger partial charge in [-0.3, -0.25) is 4.72 Å². The molecule has 0 saturated heterocycles. The minimum atomic E-state index is -3.93. The first kappa shape index (κ1) is 15.1. The Balaban J connectivity index is 2.47. The molecule has 0 aliphatic carbocycles. The highest BCUT2D eigenvalue weighted by Crippen LogP contribution is 2.31. The van der Waals surface area contributed by atoms with Gasteiger partial charge in [0.15, 0.2) is 0 Å². The molecule has 4 nitrogen and oxygen atoms in total. The number of aliphatic hydroxyl groups is 1. The number of hydrogen-bond acceptors (Lipinski definition) is 3. The Hall–Kier alpha value is -1.27. The van der Waals surface area contributed by atoms with Gasteiger partial charge < -0.3 is 5.11 Å². The predicted octanol–water partition coefficient (Wildman–Crippen LogP) is 3.29. The van der Waals surface area contributed by atoms with E-state index in [-0.39, 0.29) is 27.2 Å². The zero-order valence-electron chi connectivity index (χ0n) is 10.2. The van der Waals surface area contributed by atoms with Crippen molar-refractivity contribution < 1.29 is 13.5 Å². The van der Waals surface area contributed by atoms with Crippen molar-refractivity contribution in [2.45, 2.75) is 11.5 Å². The van der Waals surface area contributed by atoms with E-state index in [9.17, 15) is 13.5 Å². The number of anilines is 1. The maximum absolute atomic E-state index is 12.3. The van der Waals surface area contributed by atoms with Crippen LogP contribution in [0.3, 0.4) is 0 Å². The van der Waals surface area contributed by atoms with Gasteiger partial charge in [0.1, 0.15) is 4.90 Å². The van der Waals surface area contributed by atoms with Crippen molar-refractivity contribution in [2.75, 3.05) is 4.72 Å². The fraction of sp³-hybridized carbons (Fsp3) is 0.0769. The summed E-state index contributed by atoms with van der Waals surface area (Å²) in [5.74, 6) is 0. The first-order valence-electron chi connectivity index (χ1n) is 5.61. The van der Waals surface area contributed by atoms with Crippen molar-refractivity contribution in [2.24, 2.45) is 0 Å².